The van der Waals surface area contributed by atoms with E-state index in [0.29, 0.717) is 6.29 Å². The minimum Gasteiger partial charge on any atom is -0.496 e. The van der Waals surface area contributed by atoms with Crippen molar-refractivity contribution in [1.29, 1.82) is 0 Å². The molecule has 0 bridgehead atoms. The second-order valence-electron chi connectivity index (χ2n) is 7.77. The normalized spacial score (nSPS) is 25.6. The predicted molar refractivity (Wildman–Crippen MR) is 120 cm³/mol. The highest BCUT2D eigenvalue weighted by Crippen LogP contribution is 2.37. The number of carbonyl (C=O) groups excluding carboxylic acids is 2. The zero-order valence-electron chi connectivity index (χ0n) is 19.4. The van der Waals surface area contributed by atoms with E-state index in [-0.39, 0.29) is 17.1 Å². The van der Waals surface area contributed by atoms with E-state index in [2.05, 4.69) is 10.3 Å². The van der Waals surface area contributed by atoms with Crippen molar-refractivity contribution in [3.8, 4) is 11.5 Å². The number of aliphatic hydroxyl groups is 2. The maximum Gasteiger partial charge on any atom is 0.377 e. The fourth-order valence-corrected chi connectivity index (χ4v) is 3.87. The van der Waals surface area contributed by atoms with Gasteiger partial charge in [-0.15, -0.1) is 0 Å². The van der Waals surface area contributed by atoms with Gasteiger partial charge in [-0.2, -0.15) is 0 Å². The third kappa shape index (κ3) is 6.36. The van der Waals surface area contributed by atoms with Crippen LogP contribution in [0.15, 0.2) is 23.2 Å². The number of benzene rings is 1. The number of guanidine groups is 1. The molecular formula is C21H30N4O10. The number of hydrogen-bond acceptors (Lipinski definition) is 10. The quantitative estimate of drug-likeness (QED) is 0.110. The number of aldehydes is 1. The molecule has 35 heavy (non-hydrogen) atoms. The van der Waals surface area contributed by atoms with Crippen molar-refractivity contribution in [1.82, 2.24) is 5.32 Å². The molecule has 14 nitrogen and oxygen atoms in total. The number of hydrogen-bond donors (Lipinski definition) is 6. The van der Waals surface area contributed by atoms with Gasteiger partial charge >= 0.3 is 11.8 Å². The van der Waals surface area contributed by atoms with Gasteiger partial charge in [0.25, 0.3) is 0 Å². The molecule has 2 rings (SSSR count). The van der Waals surface area contributed by atoms with Crippen molar-refractivity contribution in [2.45, 2.75) is 49.5 Å². The summed E-state index contributed by atoms with van der Waals surface area (Å²) in [5, 5.41) is 32.6. The molecular weight excluding hydrogens is 468 g/mol. The number of aliphatic carboxylic acids is 1. The Morgan fingerprint density at radius 1 is 1.37 bits per heavy atom. The molecule has 1 heterocycles. The summed E-state index contributed by atoms with van der Waals surface area (Å²) < 4.78 is 22.1. The van der Waals surface area contributed by atoms with Crippen LogP contribution in [-0.4, -0.2) is 96.5 Å². The first-order valence-corrected chi connectivity index (χ1v) is 10.4. The maximum absolute atomic E-state index is 12.5. The van der Waals surface area contributed by atoms with Crippen LogP contribution >= 0.6 is 0 Å². The molecule has 194 valence electrons. The topological polar surface area (TPSA) is 225 Å². The third-order valence-corrected chi connectivity index (χ3v) is 5.36. The van der Waals surface area contributed by atoms with E-state index in [1.165, 1.54) is 39.3 Å². The average Bonchev–Trinajstić information content (AvgIpc) is 2.80. The van der Waals surface area contributed by atoms with Crippen molar-refractivity contribution in [2.24, 2.45) is 16.5 Å². The molecule has 0 saturated carbocycles. The lowest BCUT2D eigenvalue weighted by molar-refractivity contribution is -0.273. The molecule has 0 radical (unpaired) electrons. The van der Waals surface area contributed by atoms with Crippen molar-refractivity contribution in [3.63, 3.8) is 0 Å². The molecule has 1 aromatic carbocycles. The first-order chi connectivity index (χ1) is 16.5. The molecule has 0 aromatic heterocycles. The summed E-state index contributed by atoms with van der Waals surface area (Å²) in [6.07, 6.45) is -4.19. The number of carbonyl (C=O) groups is 3. The van der Waals surface area contributed by atoms with Gasteiger partial charge in [0.1, 0.15) is 29.8 Å². The Kier molecular flexibility index (Phi) is 9.36. The number of carboxylic acid groups (broad SMARTS) is 1. The number of aliphatic hydroxyl groups excluding tert-OH is 2. The van der Waals surface area contributed by atoms with Gasteiger partial charge < -0.3 is 51.1 Å². The van der Waals surface area contributed by atoms with Crippen LogP contribution in [0.25, 0.3) is 0 Å². The molecule has 0 aliphatic carbocycles. The Labute approximate surface area is 200 Å². The van der Waals surface area contributed by atoms with Gasteiger partial charge in [-0.1, -0.05) is 0 Å². The first kappa shape index (κ1) is 27.8. The van der Waals surface area contributed by atoms with Crippen LogP contribution in [0.3, 0.4) is 0 Å². The summed E-state index contributed by atoms with van der Waals surface area (Å²) in [5.74, 6) is -4.86. The van der Waals surface area contributed by atoms with E-state index in [9.17, 15) is 29.7 Å². The largest absolute Gasteiger partial charge is 0.496 e. The van der Waals surface area contributed by atoms with Gasteiger partial charge in [-0.3, -0.25) is 9.59 Å². The van der Waals surface area contributed by atoms with Gasteiger partial charge in [-0.05, 0) is 12.1 Å². The van der Waals surface area contributed by atoms with E-state index in [0.717, 1.165) is 0 Å². The number of methoxy groups -OCH3 is 2. The van der Waals surface area contributed by atoms with Gasteiger partial charge in [0, 0.05) is 26.5 Å². The van der Waals surface area contributed by atoms with Gasteiger partial charge in [0.2, 0.25) is 5.91 Å². The molecule has 1 fully saturated rings. The molecule has 1 unspecified atom stereocenters. The zero-order valence-corrected chi connectivity index (χ0v) is 19.4. The van der Waals surface area contributed by atoms with Gasteiger partial charge in [0.15, 0.2) is 12.2 Å². The van der Waals surface area contributed by atoms with E-state index >= 15 is 0 Å². The fourth-order valence-electron chi connectivity index (χ4n) is 3.87. The number of rotatable bonds is 11. The average molecular weight is 498 g/mol. The van der Waals surface area contributed by atoms with Crippen LogP contribution in [-0.2, 0) is 19.1 Å². The smallest absolute Gasteiger partial charge is 0.377 e. The van der Waals surface area contributed by atoms with Crippen LogP contribution in [0.2, 0.25) is 0 Å². The number of ether oxygens (including phenoxy) is 4. The van der Waals surface area contributed by atoms with E-state index in [4.69, 9.17) is 30.4 Å². The van der Waals surface area contributed by atoms with E-state index < -0.39 is 67.0 Å². The highest BCUT2D eigenvalue weighted by atomic mass is 16.7. The second-order valence-corrected chi connectivity index (χ2v) is 7.77. The summed E-state index contributed by atoms with van der Waals surface area (Å²) in [4.78, 5) is 39.7. The molecule has 14 heteroatoms. The minimum atomic E-state index is -2.44. The molecule has 8 N–H and O–H groups in total. The number of nitrogens with two attached hydrogens (primary N) is 2. The van der Waals surface area contributed by atoms with Crippen molar-refractivity contribution >= 4 is 24.1 Å². The lowest BCUT2D eigenvalue weighted by atomic mass is 9.86. The molecule has 1 aliphatic heterocycles. The predicted octanol–water partition coefficient (Wildman–Crippen LogP) is -2.03. The highest BCUT2D eigenvalue weighted by Gasteiger charge is 2.57. The summed E-state index contributed by atoms with van der Waals surface area (Å²) in [7, 11) is 2.52. The number of amides is 1. The lowest BCUT2D eigenvalue weighted by Gasteiger charge is -2.47. The Morgan fingerprint density at radius 2 is 2.06 bits per heavy atom. The number of nitrogens with one attached hydrogen (secondary N) is 1. The van der Waals surface area contributed by atoms with Crippen LogP contribution in [0.1, 0.15) is 23.7 Å². The van der Waals surface area contributed by atoms with Crippen LogP contribution in [0.5, 0.6) is 11.5 Å². The third-order valence-electron chi connectivity index (χ3n) is 5.36. The number of carboxylic acids is 1. The Balaban J connectivity index is 2.64. The van der Waals surface area contributed by atoms with Crippen molar-refractivity contribution in [2.75, 3.05) is 20.8 Å². The standard InChI is InChI=1S/C21H30N4O10/c1-10(28)24-16-13(25-20(22)23)7-21(19(30)31,35-18(16)17(33-3)14(29)9-27)34-12-5-4-11(8-26)15(6-12)32-2/h4-6,8,13-14,16-18,27,29H,7,9H2,1-3H3,(H,24,28)(H,30,31)(H4,22,23,25)/t13-,14-,16+,17-,18?,21+/m0/s1. The van der Waals surface area contributed by atoms with Crippen LogP contribution in [0.4, 0.5) is 0 Å². The SMILES string of the molecule is COc1cc(O[C@]2(C(=O)O)C[C@H](N=C(N)N)[C@@H](NC(C)=O)C([C@@H](OC)[C@@H](O)CO)O2)ccc1C=O. The fraction of sp³-hybridized carbons (Fsp3) is 0.524. The van der Waals surface area contributed by atoms with Crippen molar-refractivity contribution in [3.05, 3.63) is 23.8 Å². The summed E-state index contributed by atoms with van der Waals surface area (Å²) in [6.45, 7) is 0.452. The van der Waals surface area contributed by atoms with E-state index in [1.54, 1.807) is 0 Å². The minimum absolute atomic E-state index is 0.0355. The maximum atomic E-state index is 12.5. The van der Waals surface area contributed by atoms with Crippen molar-refractivity contribution < 1.29 is 48.7 Å². The second kappa shape index (κ2) is 11.8. The molecule has 1 aliphatic rings. The molecule has 6 atom stereocenters. The zero-order chi connectivity index (χ0) is 26.3. The van der Waals surface area contributed by atoms with Gasteiger partial charge in [0.05, 0.1) is 31.4 Å². The Bertz CT molecular complexity index is 954. The molecule has 1 aromatic rings. The summed E-state index contributed by atoms with van der Waals surface area (Å²) >= 11 is 0. The van der Waals surface area contributed by atoms with E-state index in [1.807, 2.05) is 0 Å². The number of nitrogens with zero attached hydrogens (tertiary/aromatic N) is 1. The summed E-state index contributed by atoms with van der Waals surface area (Å²) in [6, 6.07) is 1.79. The molecule has 1 saturated heterocycles. The first-order valence-electron chi connectivity index (χ1n) is 10.4. The monoisotopic (exact) mass is 498 g/mol. The number of aliphatic imine (C=N–C) groups is 1. The van der Waals surface area contributed by atoms with Crippen LogP contribution < -0.4 is 26.3 Å². The highest BCUT2D eigenvalue weighted by molar-refractivity contribution is 5.80. The lowest BCUT2D eigenvalue weighted by Crippen LogP contribution is -2.68. The molecule has 1 amide bonds. The Hall–Kier alpha value is -3.46. The Morgan fingerprint density at radius 3 is 2.54 bits per heavy atom. The van der Waals surface area contributed by atoms with Gasteiger partial charge in [-0.25, -0.2) is 9.79 Å². The van der Waals surface area contributed by atoms with Crippen LogP contribution in [0, 0.1) is 0 Å². The molecule has 0 spiro atoms. The summed E-state index contributed by atoms with van der Waals surface area (Å²) in [5.41, 5.74) is 11.3.